The number of alkyl halides is 3. The maximum absolute atomic E-state index is 12.3. The lowest BCUT2D eigenvalue weighted by Crippen LogP contribution is -2.30. The highest BCUT2D eigenvalue weighted by atomic mass is 32.1. The van der Waals surface area contributed by atoms with Crippen molar-refractivity contribution in [1.29, 1.82) is 0 Å². The van der Waals surface area contributed by atoms with Gasteiger partial charge in [0.05, 0.1) is 0 Å². The van der Waals surface area contributed by atoms with E-state index in [0.717, 1.165) is 0 Å². The minimum atomic E-state index is -4.52. The zero-order chi connectivity index (χ0) is 14.0. The van der Waals surface area contributed by atoms with Crippen LogP contribution in [0.2, 0.25) is 0 Å². The molecule has 19 heavy (non-hydrogen) atoms. The summed E-state index contributed by atoms with van der Waals surface area (Å²) in [6.45, 7) is 2.90. The molecule has 1 amide bonds. The van der Waals surface area contributed by atoms with Gasteiger partial charge in [-0.25, -0.2) is 0 Å². The van der Waals surface area contributed by atoms with Gasteiger partial charge in [0.2, 0.25) is 16.9 Å². The number of anilines is 1. The predicted molar refractivity (Wildman–Crippen MR) is 63.8 cm³/mol. The highest BCUT2D eigenvalue weighted by Crippen LogP contribution is 2.29. The first kappa shape index (κ1) is 14.0. The van der Waals surface area contributed by atoms with Crippen molar-refractivity contribution in [2.24, 2.45) is 0 Å². The summed E-state index contributed by atoms with van der Waals surface area (Å²) in [7, 11) is 0. The van der Waals surface area contributed by atoms with E-state index in [1.807, 2.05) is 0 Å². The number of carbonyl (C=O) groups is 1. The molecular formula is C10H13F3N4OS. The maximum atomic E-state index is 12.3. The molecule has 1 aliphatic heterocycles. The fourth-order valence-electron chi connectivity index (χ4n) is 1.90. The van der Waals surface area contributed by atoms with Gasteiger partial charge in [0.15, 0.2) is 0 Å². The van der Waals surface area contributed by atoms with Crippen LogP contribution in [-0.4, -0.2) is 39.3 Å². The summed E-state index contributed by atoms with van der Waals surface area (Å²) in [6, 6.07) is -0.0652. The Bertz CT molecular complexity index is 462. The topological polar surface area (TPSA) is 58.1 Å². The molecule has 1 aromatic heterocycles. The standard InChI is InChI=1S/C10H13F3N4OS/c1-2-7(18)17-4-3-6(5-17)14-9-15-8(16-19-9)10(11,12)13/h6H,2-5H2,1H3,(H,14,15,16). The van der Waals surface area contributed by atoms with Gasteiger partial charge in [-0.3, -0.25) is 4.79 Å². The number of halogens is 3. The second kappa shape index (κ2) is 5.32. The number of amides is 1. The normalized spacial score (nSPS) is 19.8. The Kier molecular flexibility index (Phi) is 3.93. The average molecular weight is 294 g/mol. The summed E-state index contributed by atoms with van der Waals surface area (Å²) in [5.74, 6) is -1.07. The molecule has 0 radical (unpaired) electrons. The van der Waals surface area contributed by atoms with Gasteiger partial charge >= 0.3 is 6.18 Å². The number of likely N-dealkylation sites (tertiary alicyclic amines) is 1. The van der Waals surface area contributed by atoms with E-state index < -0.39 is 12.0 Å². The molecule has 106 valence electrons. The molecule has 9 heteroatoms. The van der Waals surface area contributed by atoms with Crippen LogP contribution in [0.25, 0.3) is 0 Å². The van der Waals surface area contributed by atoms with E-state index in [2.05, 4.69) is 14.7 Å². The molecule has 1 saturated heterocycles. The Hall–Kier alpha value is -1.38. The van der Waals surface area contributed by atoms with Crippen molar-refractivity contribution in [3.8, 4) is 0 Å². The van der Waals surface area contributed by atoms with E-state index in [1.165, 1.54) is 0 Å². The van der Waals surface area contributed by atoms with Gasteiger partial charge in [-0.15, -0.1) is 0 Å². The first-order valence-corrected chi connectivity index (χ1v) is 6.62. The van der Waals surface area contributed by atoms with Crippen LogP contribution in [0.15, 0.2) is 0 Å². The molecule has 2 heterocycles. The average Bonchev–Trinajstić information content (AvgIpc) is 2.97. The molecule has 1 aliphatic rings. The lowest BCUT2D eigenvalue weighted by atomic mass is 10.3. The molecule has 1 aromatic rings. The summed E-state index contributed by atoms with van der Waals surface area (Å²) in [6.07, 6.45) is -3.38. The molecule has 0 bridgehead atoms. The first-order valence-electron chi connectivity index (χ1n) is 5.85. The molecule has 1 fully saturated rings. The Labute approximate surface area is 112 Å². The summed E-state index contributed by atoms with van der Waals surface area (Å²) in [4.78, 5) is 16.6. The van der Waals surface area contributed by atoms with Gasteiger partial charge in [-0.1, -0.05) is 6.92 Å². The van der Waals surface area contributed by atoms with Crippen LogP contribution in [0, 0.1) is 0 Å². The van der Waals surface area contributed by atoms with E-state index in [1.54, 1.807) is 11.8 Å². The third-order valence-corrected chi connectivity index (χ3v) is 3.50. The molecular weight excluding hydrogens is 281 g/mol. The number of rotatable bonds is 3. The van der Waals surface area contributed by atoms with Crippen molar-refractivity contribution in [1.82, 2.24) is 14.3 Å². The first-order chi connectivity index (χ1) is 8.90. The summed E-state index contributed by atoms with van der Waals surface area (Å²) < 4.78 is 40.3. The Morgan fingerprint density at radius 1 is 1.58 bits per heavy atom. The molecule has 0 aliphatic carbocycles. The van der Waals surface area contributed by atoms with Crippen molar-refractivity contribution in [3.63, 3.8) is 0 Å². The fourth-order valence-corrected chi connectivity index (χ4v) is 2.56. The molecule has 0 aromatic carbocycles. The lowest BCUT2D eigenvalue weighted by molar-refractivity contribution is -0.144. The summed E-state index contributed by atoms with van der Waals surface area (Å²) in [5.41, 5.74) is 0. The smallest absolute Gasteiger partial charge is 0.356 e. The van der Waals surface area contributed by atoms with Crippen molar-refractivity contribution in [2.45, 2.75) is 32.0 Å². The molecule has 0 spiro atoms. The van der Waals surface area contributed by atoms with Crippen molar-refractivity contribution in [3.05, 3.63) is 5.82 Å². The minimum absolute atomic E-state index is 0.0533. The number of carbonyl (C=O) groups excluding carboxylic acids is 1. The number of nitrogens with zero attached hydrogens (tertiary/aromatic N) is 3. The number of hydrogen-bond acceptors (Lipinski definition) is 5. The molecule has 5 nitrogen and oxygen atoms in total. The highest BCUT2D eigenvalue weighted by molar-refractivity contribution is 7.09. The Balaban J connectivity index is 1.92. The van der Waals surface area contributed by atoms with Crippen LogP contribution in [0.4, 0.5) is 18.3 Å². The SMILES string of the molecule is CCC(=O)N1CCC(Nc2nc(C(F)(F)F)ns2)C1. The van der Waals surface area contributed by atoms with Gasteiger partial charge < -0.3 is 10.2 Å². The monoisotopic (exact) mass is 294 g/mol. The maximum Gasteiger partial charge on any atom is 0.452 e. The van der Waals surface area contributed by atoms with E-state index in [0.29, 0.717) is 37.5 Å². The molecule has 0 saturated carbocycles. The van der Waals surface area contributed by atoms with Crippen LogP contribution in [-0.2, 0) is 11.0 Å². The Morgan fingerprint density at radius 3 is 2.89 bits per heavy atom. The van der Waals surface area contributed by atoms with E-state index in [-0.39, 0.29) is 17.1 Å². The van der Waals surface area contributed by atoms with Crippen LogP contribution in [0.3, 0.4) is 0 Å². The van der Waals surface area contributed by atoms with Crippen molar-refractivity contribution in [2.75, 3.05) is 18.4 Å². The quantitative estimate of drug-likeness (QED) is 0.926. The predicted octanol–water partition coefficient (Wildman–Crippen LogP) is 1.98. The zero-order valence-electron chi connectivity index (χ0n) is 10.2. The third-order valence-electron chi connectivity index (χ3n) is 2.85. The minimum Gasteiger partial charge on any atom is -0.356 e. The summed E-state index contributed by atoms with van der Waals surface area (Å²) in [5, 5.41) is 3.04. The third kappa shape index (κ3) is 3.34. The van der Waals surface area contributed by atoms with Gasteiger partial charge in [0.1, 0.15) is 0 Å². The largest absolute Gasteiger partial charge is 0.452 e. The van der Waals surface area contributed by atoms with Crippen LogP contribution >= 0.6 is 11.5 Å². The van der Waals surface area contributed by atoms with Gasteiger partial charge in [0.25, 0.3) is 0 Å². The number of aromatic nitrogens is 2. The number of hydrogen-bond donors (Lipinski definition) is 1. The lowest BCUT2D eigenvalue weighted by Gasteiger charge is -2.15. The fraction of sp³-hybridized carbons (Fsp3) is 0.700. The van der Waals surface area contributed by atoms with Gasteiger partial charge in [-0.05, 0) is 6.42 Å². The number of nitrogens with one attached hydrogen (secondary N) is 1. The van der Waals surface area contributed by atoms with Gasteiger partial charge in [0, 0.05) is 37.1 Å². The van der Waals surface area contributed by atoms with Crippen molar-refractivity contribution < 1.29 is 18.0 Å². The second-order valence-electron chi connectivity index (χ2n) is 4.24. The molecule has 1 unspecified atom stereocenters. The van der Waals surface area contributed by atoms with E-state index in [4.69, 9.17) is 0 Å². The van der Waals surface area contributed by atoms with Crippen molar-refractivity contribution >= 4 is 22.6 Å². The molecule has 1 atom stereocenters. The highest BCUT2D eigenvalue weighted by Gasteiger charge is 2.36. The van der Waals surface area contributed by atoms with Crippen LogP contribution in [0.5, 0.6) is 0 Å². The van der Waals surface area contributed by atoms with E-state index in [9.17, 15) is 18.0 Å². The van der Waals surface area contributed by atoms with Crippen LogP contribution < -0.4 is 5.32 Å². The van der Waals surface area contributed by atoms with E-state index >= 15 is 0 Å². The van der Waals surface area contributed by atoms with Crippen LogP contribution in [0.1, 0.15) is 25.6 Å². The Morgan fingerprint density at radius 2 is 2.32 bits per heavy atom. The van der Waals surface area contributed by atoms with Gasteiger partial charge in [-0.2, -0.15) is 22.5 Å². The zero-order valence-corrected chi connectivity index (χ0v) is 11.0. The molecule has 1 N–H and O–H groups in total. The second-order valence-corrected chi connectivity index (χ2v) is 5.00. The molecule has 2 rings (SSSR count). The summed E-state index contributed by atoms with van der Waals surface area (Å²) >= 11 is 0.683.